The van der Waals surface area contributed by atoms with Gasteiger partial charge in [-0.15, -0.1) is 0 Å². The maximum absolute atomic E-state index is 12.7. The van der Waals surface area contributed by atoms with Gasteiger partial charge in [0.15, 0.2) is 0 Å². The third-order valence-electron chi connectivity index (χ3n) is 4.31. The zero-order valence-electron chi connectivity index (χ0n) is 14.9. The Labute approximate surface area is 158 Å². The van der Waals surface area contributed by atoms with Crippen LogP contribution in [0.25, 0.3) is 0 Å². The summed E-state index contributed by atoms with van der Waals surface area (Å²) in [7, 11) is -0.537. The van der Waals surface area contributed by atoms with Gasteiger partial charge in [0.2, 0.25) is 15.9 Å². The molecule has 0 fully saturated rings. The van der Waals surface area contributed by atoms with Gasteiger partial charge in [0, 0.05) is 32.0 Å². The number of hydrogen-bond donors (Lipinski definition) is 0. The standard InChI is InChI=1S/C18H21N3O3S2/c1-13-10-14-6-4-5-7-16(14)21(13)18(22)12-25-17-9-8-15(11-19-17)26(23,24)20(2)3/h4-9,11,13H,10,12H2,1-3H3/t13-/m1/s1. The summed E-state index contributed by atoms with van der Waals surface area (Å²) in [4.78, 5) is 18.8. The molecule has 0 saturated carbocycles. The van der Waals surface area contributed by atoms with Crippen molar-refractivity contribution < 1.29 is 13.2 Å². The molecule has 138 valence electrons. The van der Waals surface area contributed by atoms with E-state index in [2.05, 4.69) is 11.1 Å². The van der Waals surface area contributed by atoms with Gasteiger partial charge in [0.1, 0.15) is 4.90 Å². The van der Waals surface area contributed by atoms with Crippen molar-refractivity contribution in [3.8, 4) is 0 Å². The summed E-state index contributed by atoms with van der Waals surface area (Å²) in [5.41, 5.74) is 2.17. The van der Waals surface area contributed by atoms with Gasteiger partial charge in [0.25, 0.3) is 0 Å². The van der Waals surface area contributed by atoms with Crippen LogP contribution in [0.2, 0.25) is 0 Å². The molecule has 0 saturated heterocycles. The number of pyridine rings is 1. The molecule has 8 heteroatoms. The molecule has 1 aliphatic rings. The van der Waals surface area contributed by atoms with Gasteiger partial charge >= 0.3 is 0 Å². The lowest BCUT2D eigenvalue weighted by Gasteiger charge is -2.22. The number of sulfonamides is 1. The molecule has 0 radical (unpaired) electrons. The van der Waals surface area contributed by atoms with E-state index in [0.717, 1.165) is 16.4 Å². The Morgan fingerprint density at radius 2 is 2.00 bits per heavy atom. The minimum atomic E-state index is -3.49. The molecule has 6 nitrogen and oxygen atoms in total. The van der Waals surface area contributed by atoms with Crippen molar-refractivity contribution in [2.24, 2.45) is 0 Å². The minimum Gasteiger partial charge on any atom is -0.308 e. The number of nitrogens with zero attached hydrogens (tertiary/aromatic N) is 3. The highest BCUT2D eigenvalue weighted by Crippen LogP contribution is 2.32. The highest BCUT2D eigenvalue weighted by atomic mass is 32.2. The lowest BCUT2D eigenvalue weighted by atomic mass is 10.1. The van der Waals surface area contributed by atoms with Gasteiger partial charge in [-0.05, 0) is 37.1 Å². The van der Waals surface area contributed by atoms with E-state index >= 15 is 0 Å². The molecule has 1 amide bonds. The van der Waals surface area contributed by atoms with E-state index in [1.165, 1.54) is 43.7 Å². The third-order valence-corrected chi connectivity index (χ3v) is 7.03. The number of fused-ring (bicyclic) bond motifs is 1. The predicted octanol–water partition coefficient (Wildman–Crippen LogP) is 2.40. The molecule has 1 aliphatic heterocycles. The maximum atomic E-state index is 12.7. The maximum Gasteiger partial charge on any atom is 0.244 e. The lowest BCUT2D eigenvalue weighted by molar-refractivity contribution is -0.116. The number of benzene rings is 1. The zero-order chi connectivity index (χ0) is 18.9. The van der Waals surface area contributed by atoms with E-state index < -0.39 is 10.0 Å². The average molecular weight is 392 g/mol. The van der Waals surface area contributed by atoms with Crippen molar-refractivity contribution >= 4 is 33.4 Å². The number of amides is 1. The second-order valence-corrected chi connectivity index (χ2v) is 9.50. The number of hydrogen-bond acceptors (Lipinski definition) is 5. The molecular weight excluding hydrogens is 370 g/mol. The highest BCUT2D eigenvalue weighted by Gasteiger charge is 2.30. The summed E-state index contributed by atoms with van der Waals surface area (Å²) in [5, 5.41) is 0.621. The van der Waals surface area contributed by atoms with E-state index in [0.29, 0.717) is 5.03 Å². The first kappa shape index (κ1) is 18.9. The number of para-hydroxylation sites is 1. The smallest absolute Gasteiger partial charge is 0.244 e. The molecule has 0 spiro atoms. The fourth-order valence-corrected chi connectivity index (χ4v) is 4.52. The largest absolute Gasteiger partial charge is 0.308 e. The van der Waals surface area contributed by atoms with Crippen LogP contribution in [0.3, 0.4) is 0 Å². The first-order chi connectivity index (χ1) is 12.3. The van der Waals surface area contributed by atoms with Crippen LogP contribution in [0, 0.1) is 0 Å². The van der Waals surface area contributed by atoms with E-state index in [1.54, 1.807) is 6.07 Å². The Hall–Kier alpha value is -1.90. The quantitative estimate of drug-likeness (QED) is 0.732. The van der Waals surface area contributed by atoms with Crippen molar-refractivity contribution in [1.82, 2.24) is 9.29 Å². The van der Waals surface area contributed by atoms with Crippen LogP contribution in [-0.4, -0.2) is 49.5 Å². The predicted molar refractivity (Wildman–Crippen MR) is 103 cm³/mol. The third kappa shape index (κ3) is 3.62. The summed E-state index contributed by atoms with van der Waals surface area (Å²) in [5.74, 6) is 0.282. The number of carbonyl (C=O) groups is 1. The zero-order valence-corrected chi connectivity index (χ0v) is 16.5. The molecule has 1 aromatic carbocycles. The fraction of sp³-hybridized carbons (Fsp3) is 0.333. The average Bonchev–Trinajstić information content (AvgIpc) is 2.95. The molecule has 0 N–H and O–H groups in total. The number of aromatic nitrogens is 1. The fourth-order valence-electron chi connectivity index (χ4n) is 2.97. The highest BCUT2D eigenvalue weighted by molar-refractivity contribution is 7.99. The second-order valence-electron chi connectivity index (χ2n) is 6.35. The van der Waals surface area contributed by atoms with Crippen molar-refractivity contribution in [3.63, 3.8) is 0 Å². The molecule has 3 rings (SSSR count). The van der Waals surface area contributed by atoms with Crippen LogP contribution in [0.1, 0.15) is 12.5 Å². The first-order valence-electron chi connectivity index (χ1n) is 8.22. The molecule has 2 heterocycles. The van der Waals surface area contributed by atoms with Gasteiger partial charge in [-0.25, -0.2) is 17.7 Å². The lowest BCUT2D eigenvalue weighted by Crippen LogP contribution is -2.36. The van der Waals surface area contributed by atoms with Crippen LogP contribution in [0.15, 0.2) is 52.5 Å². The van der Waals surface area contributed by atoms with Crippen LogP contribution in [0.5, 0.6) is 0 Å². The molecule has 1 atom stereocenters. The first-order valence-corrected chi connectivity index (χ1v) is 10.6. The molecule has 2 aromatic rings. The van der Waals surface area contributed by atoms with Crippen molar-refractivity contribution in [2.75, 3.05) is 24.7 Å². The van der Waals surface area contributed by atoms with Gasteiger partial charge in [0.05, 0.1) is 10.8 Å². The Morgan fingerprint density at radius 1 is 1.27 bits per heavy atom. The molecule has 26 heavy (non-hydrogen) atoms. The molecule has 1 aromatic heterocycles. The molecule has 0 aliphatic carbocycles. The monoisotopic (exact) mass is 391 g/mol. The topological polar surface area (TPSA) is 70.6 Å². The van der Waals surface area contributed by atoms with Gasteiger partial charge in [-0.2, -0.15) is 0 Å². The van der Waals surface area contributed by atoms with Crippen molar-refractivity contribution in [2.45, 2.75) is 29.3 Å². The Morgan fingerprint density at radius 3 is 2.65 bits per heavy atom. The summed E-state index contributed by atoms with van der Waals surface area (Å²) < 4.78 is 25.3. The molecule has 0 unspecified atom stereocenters. The van der Waals surface area contributed by atoms with Crippen LogP contribution < -0.4 is 4.90 Å². The van der Waals surface area contributed by atoms with Gasteiger partial charge in [-0.1, -0.05) is 30.0 Å². The molecular formula is C18H21N3O3S2. The Kier molecular flexibility index (Phi) is 5.36. The van der Waals surface area contributed by atoms with Crippen LogP contribution in [-0.2, 0) is 21.2 Å². The number of carbonyl (C=O) groups excluding carboxylic acids is 1. The van der Waals surface area contributed by atoms with E-state index in [1.807, 2.05) is 30.0 Å². The Balaban J connectivity index is 1.67. The van der Waals surface area contributed by atoms with Gasteiger partial charge in [-0.3, -0.25) is 4.79 Å². The van der Waals surface area contributed by atoms with E-state index in [9.17, 15) is 13.2 Å². The number of thioether (sulfide) groups is 1. The Bertz CT molecular complexity index is 912. The van der Waals surface area contributed by atoms with E-state index in [4.69, 9.17) is 0 Å². The van der Waals surface area contributed by atoms with Crippen molar-refractivity contribution in [3.05, 3.63) is 48.2 Å². The van der Waals surface area contributed by atoms with Crippen LogP contribution >= 0.6 is 11.8 Å². The van der Waals surface area contributed by atoms with Crippen molar-refractivity contribution in [1.29, 1.82) is 0 Å². The SMILES string of the molecule is C[C@@H]1Cc2ccccc2N1C(=O)CSc1ccc(S(=O)(=O)N(C)C)cn1. The summed E-state index contributed by atoms with van der Waals surface area (Å²) in [6, 6.07) is 11.2. The molecule has 0 bridgehead atoms. The van der Waals surface area contributed by atoms with Crippen LogP contribution in [0.4, 0.5) is 5.69 Å². The number of anilines is 1. The number of rotatable bonds is 5. The second kappa shape index (κ2) is 7.38. The summed E-state index contributed by atoms with van der Waals surface area (Å²) in [6.07, 6.45) is 2.19. The van der Waals surface area contributed by atoms with E-state index in [-0.39, 0.29) is 22.6 Å². The normalized spacial score (nSPS) is 16.8. The van der Waals surface area contributed by atoms with Gasteiger partial charge < -0.3 is 4.90 Å². The minimum absolute atomic E-state index is 0.0271. The summed E-state index contributed by atoms with van der Waals surface area (Å²) in [6.45, 7) is 2.04. The summed E-state index contributed by atoms with van der Waals surface area (Å²) >= 11 is 1.31.